The lowest BCUT2D eigenvalue weighted by Crippen LogP contribution is -2.29. The molecule has 1 saturated heterocycles. The van der Waals surface area contributed by atoms with Gasteiger partial charge in [0.05, 0.1) is 16.4 Å². The molecular weight excluding hydrogens is 683 g/mol. The molecule has 1 saturated carbocycles. The van der Waals surface area contributed by atoms with E-state index in [1.165, 1.54) is 48.3 Å². The lowest BCUT2D eigenvalue weighted by atomic mass is 9.91. The third kappa shape index (κ3) is 7.29. The molecule has 0 spiro atoms. The number of amides is 1. The lowest BCUT2D eigenvalue weighted by molar-refractivity contribution is -0.117. The van der Waals surface area contributed by atoms with Crippen LogP contribution in [-0.4, -0.2) is 36.2 Å². The van der Waals surface area contributed by atoms with E-state index in [0.717, 1.165) is 32.7 Å². The summed E-state index contributed by atoms with van der Waals surface area (Å²) in [5.74, 6) is 2.21. The van der Waals surface area contributed by atoms with Crippen LogP contribution in [-0.2, 0) is 21.4 Å². The molecule has 1 aliphatic carbocycles. The lowest BCUT2D eigenvalue weighted by Gasteiger charge is -2.20. The van der Waals surface area contributed by atoms with Crippen LogP contribution in [0.4, 0.5) is 5.69 Å². The molecule has 0 atom stereocenters. The van der Waals surface area contributed by atoms with E-state index in [4.69, 9.17) is 28.2 Å². The second kappa shape index (κ2) is 14.0. The minimum Gasteiger partial charge on any atom is -0.303 e. The Morgan fingerprint density at radius 2 is 1.56 bits per heavy atom. The highest BCUT2D eigenvalue weighted by atomic mass is 35.5. The van der Waals surface area contributed by atoms with Crippen molar-refractivity contribution in [2.75, 3.05) is 16.6 Å². The summed E-state index contributed by atoms with van der Waals surface area (Å²) in [6.07, 6.45) is 9.26. The molecule has 246 valence electrons. The third-order valence-electron chi connectivity index (χ3n) is 8.92. The largest absolute Gasteiger partial charge is 0.326 e. The quantitative estimate of drug-likeness (QED) is 0.154. The second-order valence-electron chi connectivity index (χ2n) is 12.3. The maximum Gasteiger partial charge on any atom is 0.326 e. The first-order valence-corrected chi connectivity index (χ1v) is 19.2. The predicted octanol–water partition coefficient (Wildman–Crippen LogP) is 8.96. The first-order chi connectivity index (χ1) is 23.2. The van der Waals surface area contributed by atoms with Gasteiger partial charge in [-0.25, -0.2) is 14.0 Å². The van der Waals surface area contributed by atoms with E-state index >= 15 is 0 Å². The Balaban J connectivity index is 1.14. The van der Waals surface area contributed by atoms with Gasteiger partial charge in [0.1, 0.15) is 12.4 Å². The van der Waals surface area contributed by atoms with Gasteiger partial charge in [0, 0.05) is 39.5 Å². The van der Waals surface area contributed by atoms with Crippen molar-refractivity contribution in [1.82, 2.24) is 14.3 Å². The summed E-state index contributed by atoms with van der Waals surface area (Å²) in [5.41, 5.74) is 5.82. The Hall–Kier alpha value is -3.76. The van der Waals surface area contributed by atoms with E-state index < -0.39 is 16.1 Å². The van der Waals surface area contributed by atoms with Crippen molar-refractivity contribution in [1.29, 1.82) is 0 Å². The number of carbonyl (C=O) groups excluding carboxylic acids is 1. The fourth-order valence-electron chi connectivity index (χ4n) is 6.38. The molecule has 7 nitrogen and oxygen atoms in total. The average molecular weight is 718 g/mol. The number of anilines is 1. The van der Waals surface area contributed by atoms with E-state index in [1.54, 1.807) is 30.3 Å². The molecule has 5 aromatic rings. The summed E-state index contributed by atoms with van der Waals surface area (Å²) in [6.45, 7) is -0.275. The molecule has 1 aromatic heterocycles. The summed E-state index contributed by atoms with van der Waals surface area (Å²) >= 11 is 14.7. The minimum absolute atomic E-state index is 0.275. The van der Waals surface area contributed by atoms with E-state index in [9.17, 15) is 13.2 Å². The molecule has 11 heteroatoms. The predicted molar refractivity (Wildman–Crippen MR) is 195 cm³/mol. The maximum absolute atomic E-state index is 12.6. The van der Waals surface area contributed by atoms with Gasteiger partial charge in [-0.05, 0) is 84.0 Å². The van der Waals surface area contributed by atoms with Crippen molar-refractivity contribution >= 4 is 56.8 Å². The number of imidazole rings is 1. The van der Waals surface area contributed by atoms with Gasteiger partial charge in [-0.3, -0.25) is 4.79 Å². The first kappa shape index (κ1) is 32.8. The number of aromatic nitrogens is 2. The van der Waals surface area contributed by atoms with E-state index in [0.29, 0.717) is 33.5 Å². The van der Waals surface area contributed by atoms with Gasteiger partial charge >= 0.3 is 10.2 Å². The van der Waals surface area contributed by atoms with E-state index in [-0.39, 0.29) is 6.54 Å². The summed E-state index contributed by atoms with van der Waals surface area (Å²) in [5, 5.41) is 1.00. The number of thioether (sulfide) groups is 1. The molecule has 7 rings (SSSR count). The molecule has 1 N–H and O–H groups in total. The molecule has 1 amide bonds. The average Bonchev–Trinajstić information content (AvgIpc) is 3.63. The molecule has 2 aliphatic rings. The zero-order valence-electron chi connectivity index (χ0n) is 26.1. The Labute approximate surface area is 295 Å². The van der Waals surface area contributed by atoms with Gasteiger partial charge in [-0.1, -0.05) is 84.9 Å². The van der Waals surface area contributed by atoms with Crippen LogP contribution in [0.3, 0.4) is 0 Å². The van der Waals surface area contributed by atoms with Crippen molar-refractivity contribution in [2.24, 2.45) is 5.92 Å². The fourth-order valence-corrected chi connectivity index (χ4v) is 9.11. The molecule has 2 fully saturated rings. The molecular formula is C37H34Cl2N4O3S2. The van der Waals surface area contributed by atoms with Crippen LogP contribution in [0.25, 0.3) is 28.1 Å². The Morgan fingerprint density at radius 1 is 0.854 bits per heavy atom. The van der Waals surface area contributed by atoms with Crippen molar-refractivity contribution in [3.8, 4) is 28.1 Å². The molecule has 4 aromatic carbocycles. The monoisotopic (exact) mass is 716 g/mol. The van der Waals surface area contributed by atoms with Crippen molar-refractivity contribution in [3.63, 3.8) is 0 Å². The van der Waals surface area contributed by atoms with Crippen molar-refractivity contribution in [3.05, 3.63) is 119 Å². The van der Waals surface area contributed by atoms with E-state index in [1.807, 2.05) is 39.4 Å². The van der Waals surface area contributed by atoms with Gasteiger partial charge in [-0.2, -0.15) is 8.42 Å². The van der Waals surface area contributed by atoms with Crippen LogP contribution in [0.1, 0.15) is 43.5 Å². The summed E-state index contributed by atoms with van der Waals surface area (Å²) in [4.78, 5) is 18.2. The molecule has 0 radical (unpaired) electrons. The zero-order valence-corrected chi connectivity index (χ0v) is 29.3. The minimum atomic E-state index is -3.95. The normalized spacial score (nSPS) is 16.3. The number of carbonyl (C=O) groups is 1. The van der Waals surface area contributed by atoms with Crippen LogP contribution in [0.5, 0.6) is 0 Å². The van der Waals surface area contributed by atoms with Gasteiger partial charge in [0.25, 0.3) is 5.91 Å². The standard InChI is InChI=1S/C37H34Cl2N4O3S2/c38-29-15-18-33(34(39)20-29)35-22-42(30-7-4-8-31(21-30)43-23-37(44)41-48(43,45)46)36(40-35)19-25-9-11-27(12-10-25)28-13-16-32(17-14-28)47-24-26-5-2-1-3-6-26/h4,7-18,20-22,26H,1-3,5-6,19,23-24H2,(H,41,44). The number of hydrogen-bond acceptors (Lipinski definition) is 5. The van der Waals surface area contributed by atoms with Crippen LogP contribution >= 0.6 is 35.0 Å². The van der Waals surface area contributed by atoms with Gasteiger partial charge in [-0.15, -0.1) is 11.8 Å². The Kier molecular flexibility index (Phi) is 9.56. The molecule has 1 aliphatic heterocycles. The summed E-state index contributed by atoms with van der Waals surface area (Å²) in [6, 6.07) is 29.6. The zero-order chi connectivity index (χ0) is 33.3. The smallest absolute Gasteiger partial charge is 0.303 e. The third-order valence-corrected chi connectivity index (χ3v) is 12.1. The van der Waals surface area contributed by atoms with E-state index in [2.05, 4.69) is 48.5 Å². The SMILES string of the molecule is O=C1CN(c2cccc(-n3cc(-c4ccc(Cl)cc4Cl)nc3Cc3ccc(-c4ccc(SCC5CCCCC5)cc4)cc3)c2)S(=O)(=O)N1. The Morgan fingerprint density at radius 3 is 2.25 bits per heavy atom. The van der Waals surface area contributed by atoms with Gasteiger partial charge in [0.2, 0.25) is 0 Å². The summed E-state index contributed by atoms with van der Waals surface area (Å²) < 4.78 is 30.2. The Bertz CT molecular complexity index is 2060. The number of nitrogens with zero attached hydrogens (tertiary/aromatic N) is 3. The number of hydrogen-bond donors (Lipinski definition) is 1. The van der Waals surface area contributed by atoms with Crippen molar-refractivity contribution < 1.29 is 13.2 Å². The van der Waals surface area contributed by atoms with Crippen LogP contribution in [0.2, 0.25) is 10.0 Å². The highest BCUT2D eigenvalue weighted by Crippen LogP contribution is 2.34. The van der Waals surface area contributed by atoms with Crippen LogP contribution < -0.4 is 9.03 Å². The number of rotatable bonds is 9. The van der Waals surface area contributed by atoms with Crippen molar-refractivity contribution in [2.45, 2.75) is 43.4 Å². The summed E-state index contributed by atoms with van der Waals surface area (Å²) in [7, 11) is -3.95. The molecule has 2 heterocycles. The molecule has 48 heavy (non-hydrogen) atoms. The second-order valence-corrected chi connectivity index (χ2v) is 15.8. The number of benzene rings is 4. The highest BCUT2D eigenvalue weighted by Gasteiger charge is 2.34. The topological polar surface area (TPSA) is 84.3 Å². The highest BCUT2D eigenvalue weighted by molar-refractivity contribution is 7.99. The number of nitrogens with one attached hydrogen (secondary N) is 1. The molecule has 0 bridgehead atoms. The first-order valence-electron chi connectivity index (χ1n) is 16.0. The number of halogens is 2. The van der Waals surface area contributed by atoms with Gasteiger partial charge in [0.15, 0.2) is 0 Å². The fraction of sp³-hybridized carbons (Fsp3) is 0.243. The van der Waals surface area contributed by atoms with Crippen LogP contribution in [0.15, 0.2) is 102 Å². The van der Waals surface area contributed by atoms with Crippen LogP contribution in [0, 0.1) is 5.92 Å². The van der Waals surface area contributed by atoms with Gasteiger partial charge < -0.3 is 4.57 Å². The maximum atomic E-state index is 12.6. The molecule has 0 unspecified atom stereocenters.